The molecule has 0 aliphatic carbocycles. The van der Waals surface area contributed by atoms with Crippen molar-refractivity contribution in [3.63, 3.8) is 0 Å². The van der Waals surface area contributed by atoms with Crippen molar-refractivity contribution >= 4 is 48.9 Å². The van der Waals surface area contributed by atoms with Gasteiger partial charge in [-0.2, -0.15) is 0 Å². The molecule has 0 aromatic heterocycles. The summed E-state index contributed by atoms with van der Waals surface area (Å²) in [5.41, 5.74) is 0.676. The molecular formula is C11H6Br2O. The molecule has 0 bridgehead atoms. The summed E-state index contributed by atoms with van der Waals surface area (Å²) in [5.74, 6) is 0. The van der Waals surface area contributed by atoms with E-state index in [1.165, 1.54) is 0 Å². The second kappa shape index (κ2) is 3.83. The Morgan fingerprint density at radius 3 is 2.57 bits per heavy atom. The number of carbonyl (C=O) groups excluding carboxylic acids is 1. The van der Waals surface area contributed by atoms with Gasteiger partial charge in [0.1, 0.15) is 0 Å². The molecule has 0 amide bonds. The molecule has 0 atom stereocenters. The number of aldehydes is 1. The number of halogens is 2. The van der Waals surface area contributed by atoms with Crippen LogP contribution in [0.1, 0.15) is 10.4 Å². The van der Waals surface area contributed by atoms with Crippen molar-refractivity contribution in [2.75, 3.05) is 0 Å². The Bertz CT molecular complexity index is 506. The fourth-order valence-corrected chi connectivity index (χ4v) is 2.30. The summed E-state index contributed by atoms with van der Waals surface area (Å²) in [6, 6.07) is 9.74. The molecular weight excluding hydrogens is 308 g/mol. The first-order valence-electron chi connectivity index (χ1n) is 4.05. The average Bonchev–Trinajstić information content (AvgIpc) is 2.19. The summed E-state index contributed by atoms with van der Waals surface area (Å²) in [4.78, 5) is 10.7. The molecule has 0 N–H and O–H groups in total. The van der Waals surface area contributed by atoms with Gasteiger partial charge in [0.2, 0.25) is 0 Å². The molecule has 0 saturated heterocycles. The lowest BCUT2D eigenvalue weighted by atomic mass is 10.1. The Balaban J connectivity index is 2.85. The Morgan fingerprint density at radius 1 is 1.07 bits per heavy atom. The van der Waals surface area contributed by atoms with Crippen molar-refractivity contribution in [1.82, 2.24) is 0 Å². The summed E-state index contributed by atoms with van der Waals surface area (Å²) in [7, 11) is 0. The normalized spacial score (nSPS) is 10.4. The summed E-state index contributed by atoms with van der Waals surface area (Å²) in [6.45, 7) is 0. The third kappa shape index (κ3) is 1.62. The smallest absolute Gasteiger partial charge is 0.151 e. The number of fused-ring (bicyclic) bond motifs is 1. The topological polar surface area (TPSA) is 17.1 Å². The maximum absolute atomic E-state index is 10.7. The van der Waals surface area contributed by atoms with Crippen LogP contribution in [0, 0.1) is 0 Å². The maximum Gasteiger partial charge on any atom is 0.151 e. The van der Waals surface area contributed by atoms with Crippen LogP contribution in [0.25, 0.3) is 10.8 Å². The van der Waals surface area contributed by atoms with Gasteiger partial charge in [-0.15, -0.1) is 0 Å². The van der Waals surface area contributed by atoms with Crippen LogP contribution in [0.5, 0.6) is 0 Å². The molecule has 3 heteroatoms. The molecule has 0 aliphatic heterocycles. The van der Waals surface area contributed by atoms with E-state index < -0.39 is 0 Å². The van der Waals surface area contributed by atoms with Gasteiger partial charge in [0.25, 0.3) is 0 Å². The minimum absolute atomic E-state index is 0.676. The summed E-state index contributed by atoms with van der Waals surface area (Å²) in [5, 5.41) is 2.16. The minimum atomic E-state index is 0.676. The van der Waals surface area contributed by atoms with Gasteiger partial charge in [-0.3, -0.25) is 4.79 Å². The molecule has 0 fully saturated rings. The Labute approximate surface area is 98.4 Å². The standard InChI is InChI=1S/C11H6Br2O/c12-10-3-1-2-7-4-8(6-14)11(13)5-9(7)10/h1-6H. The number of hydrogen-bond acceptors (Lipinski definition) is 1. The molecule has 0 unspecified atom stereocenters. The molecule has 14 heavy (non-hydrogen) atoms. The van der Waals surface area contributed by atoms with Gasteiger partial charge in [0.15, 0.2) is 6.29 Å². The van der Waals surface area contributed by atoms with Crippen molar-refractivity contribution in [2.24, 2.45) is 0 Å². The van der Waals surface area contributed by atoms with Crippen LogP contribution in [-0.4, -0.2) is 6.29 Å². The lowest BCUT2D eigenvalue weighted by molar-refractivity contribution is 0.112. The summed E-state index contributed by atoms with van der Waals surface area (Å²) >= 11 is 6.83. The average molecular weight is 314 g/mol. The zero-order valence-electron chi connectivity index (χ0n) is 7.13. The predicted octanol–water partition coefficient (Wildman–Crippen LogP) is 4.18. The largest absolute Gasteiger partial charge is 0.298 e. The van der Waals surface area contributed by atoms with E-state index in [1.54, 1.807) is 0 Å². The van der Waals surface area contributed by atoms with Crippen LogP contribution in [0.4, 0.5) is 0 Å². The van der Waals surface area contributed by atoms with E-state index in [0.717, 1.165) is 26.0 Å². The molecule has 1 nitrogen and oxygen atoms in total. The summed E-state index contributed by atoms with van der Waals surface area (Å²) in [6.07, 6.45) is 0.852. The zero-order valence-corrected chi connectivity index (χ0v) is 10.3. The second-order valence-corrected chi connectivity index (χ2v) is 4.66. The van der Waals surface area contributed by atoms with Crippen LogP contribution in [-0.2, 0) is 0 Å². The summed E-state index contributed by atoms with van der Waals surface area (Å²) < 4.78 is 1.86. The van der Waals surface area contributed by atoms with Crippen LogP contribution >= 0.6 is 31.9 Å². The van der Waals surface area contributed by atoms with E-state index in [-0.39, 0.29) is 0 Å². The van der Waals surface area contributed by atoms with E-state index in [1.807, 2.05) is 30.3 Å². The lowest BCUT2D eigenvalue weighted by Gasteiger charge is -2.03. The van der Waals surface area contributed by atoms with E-state index >= 15 is 0 Å². The first kappa shape index (κ1) is 9.87. The van der Waals surface area contributed by atoms with Gasteiger partial charge in [0.05, 0.1) is 0 Å². The third-order valence-corrected chi connectivity index (χ3v) is 3.45. The Kier molecular flexibility index (Phi) is 2.70. The van der Waals surface area contributed by atoms with Crippen LogP contribution in [0.15, 0.2) is 39.3 Å². The molecule has 0 radical (unpaired) electrons. The van der Waals surface area contributed by atoms with Gasteiger partial charge in [0, 0.05) is 14.5 Å². The molecule has 2 aromatic carbocycles. The number of benzene rings is 2. The van der Waals surface area contributed by atoms with E-state index in [2.05, 4.69) is 31.9 Å². The fourth-order valence-electron chi connectivity index (χ4n) is 1.37. The number of hydrogen-bond donors (Lipinski definition) is 0. The lowest BCUT2D eigenvalue weighted by Crippen LogP contribution is -1.83. The quantitative estimate of drug-likeness (QED) is 0.722. The Morgan fingerprint density at radius 2 is 1.86 bits per heavy atom. The zero-order chi connectivity index (χ0) is 10.1. The van der Waals surface area contributed by atoms with Crippen molar-refractivity contribution in [1.29, 1.82) is 0 Å². The number of rotatable bonds is 1. The van der Waals surface area contributed by atoms with Crippen LogP contribution in [0.3, 0.4) is 0 Å². The highest BCUT2D eigenvalue weighted by molar-refractivity contribution is 9.11. The Hall–Kier alpha value is -0.670. The van der Waals surface area contributed by atoms with E-state index in [0.29, 0.717) is 5.56 Å². The van der Waals surface area contributed by atoms with Gasteiger partial charge >= 0.3 is 0 Å². The molecule has 0 spiro atoms. The van der Waals surface area contributed by atoms with Gasteiger partial charge in [-0.05, 0) is 29.0 Å². The molecule has 0 heterocycles. The third-order valence-electron chi connectivity index (χ3n) is 2.07. The molecule has 0 aliphatic rings. The van der Waals surface area contributed by atoms with Gasteiger partial charge < -0.3 is 0 Å². The van der Waals surface area contributed by atoms with Crippen molar-refractivity contribution < 1.29 is 4.79 Å². The fraction of sp³-hybridized carbons (Fsp3) is 0. The highest BCUT2D eigenvalue weighted by Crippen LogP contribution is 2.28. The van der Waals surface area contributed by atoms with Crippen molar-refractivity contribution in [3.05, 3.63) is 44.8 Å². The molecule has 0 saturated carbocycles. The predicted molar refractivity (Wildman–Crippen MR) is 64.7 cm³/mol. The van der Waals surface area contributed by atoms with Crippen LogP contribution < -0.4 is 0 Å². The van der Waals surface area contributed by atoms with Gasteiger partial charge in [-0.1, -0.05) is 44.0 Å². The first-order valence-corrected chi connectivity index (χ1v) is 5.64. The molecule has 2 aromatic rings. The molecule has 70 valence electrons. The molecule has 2 rings (SSSR count). The van der Waals surface area contributed by atoms with E-state index in [9.17, 15) is 4.79 Å². The minimum Gasteiger partial charge on any atom is -0.298 e. The van der Waals surface area contributed by atoms with Crippen molar-refractivity contribution in [2.45, 2.75) is 0 Å². The highest BCUT2D eigenvalue weighted by atomic mass is 79.9. The number of carbonyl (C=O) groups is 1. The van der Waals surface area contributed by atoms with Crippen molar-refractivity contribution in [3.8, 4) is 0 Å². The highest BCUT2D eigenvalue weighted by Gasteiger charge is 2.03. The van der Waals surface area contributed by atoms with Crippen LogP contribution in [0.2, 0.25) is 0 Å². The second-order valence-electron chi connectivity index (χ2n) is 2.95. The van der Waals surface area contributed by atoms with E-state index in [4.69, 9.17) is 0 Å². The van der Waals surface area contributed by atoms with Gasteiger partial charge in [-0.25, -0.2) is 0 Å². The maximum atomic E-state index is 10.7. The monoisotopic (exact) mass is 312 g/mol. The first-order chi connectivity index (χ1) is 6.72. The SMILES string of the molecule is O=Cc1cc2cccc(Br)c2cc1Br.